The van der Waals surface area contributed by atoms with Crippen LogP contribution in [0.4, 0.5) is 0 Å². The Kier molecular flexibility index (Phi) is 5.59. The Morgan fingerprint density at radius 3 is 2.23 bits per heavy atom. The summed E-state index contributed by atoms with van der Waals surface area (Å²) in [7, 11) is -0.419. The highest BCUT2D eigenvalue weighted by molar-refractivity contribution is 7.17. The molecule has 0 saturated carbocycles. The van der Waals surface area contributed by atoms with Crippen LogP contribution in [-0.4, -0.2) is 5.78 Å². The van der Waals surface area contributed by atoms with Crippen molar-refractivity contribution in [2.75, 3.05) is 0 Å². The minimum atomic E-state index is -0.507. The molecular weight excluding hydrogens is 295 g/mol. The Morgan fingerprint density at radius 2 is 1.68 bits per heavy atom. The molecular formula is C18H19O3P. The van der Waals surface area contributed by atoms with Crippen molar-refractivity contribution in [1.29, 1.82) is 0 Å². The number of carbonyl (C=O) groups excluding carboxylic acids is 1. The molecule has 0 radical (unpaired) electrons. The molecule has 0 aliphatic rings. The van der Waals surface area contributed by atoms with Crippen LogP contribution in [0, 0.1) is 20.8 Å². The van der Waals surface area contributed by atoms with Gasteiger partial charge in [0.25, 0.3) is 0 Å². The van der Waals surface area contributed by atoms with Crippen molar-refractivity contribution < 1.29 is 13.9 Å². The number of carbonyl (C=O) groups is 1. The standard InChI is InChI=1S/C18H19O3P/c1-12-9-13(2)18(14(3)10-12)16(19)11-17(21-22-20)15-7-5-4-6-8-15/h4-10,17H,11H2,1-3H3. The molecule has 22 heavy (non-hydrogen) atoms. The van der Waals surface area contributed by atoms with E-state index in [-0.39, 0.29) is 12.2 Å². The van der Waals surface area contributed by atoms with E-state index in [1.807, 2.05) is 63.2 Å². The van der Waals surface area contributed by atoms with Crippen molar-refractivity contribution in [2.45, 2.75) is 33.3 Å². The summed E-state index contributed by atoms with van der Waals surface area (Å²) in [6.07, 6.45) is -0.336. The van der Waals surface area contributed by atoms with Gasteiger partial charge in [-0.1, -0.05) is 48.0 Å². The summed E-state index contributed by atoms with van der Waals surface area (Å²) in [5.41, 5.74) is 4.66. The Labute approximate surface area is 132 Å². The molecule has 4 heteroatoms. The maximum absolute atomic E-state index is 12.7. The van der Waals surface area contributed by atoms with Gasteiger partial charge in [0.2, 0.25) is 0 Å². The molecule has 0 amide bonds. The Bertz CT molecular complexity index is 657. The van der Waals surface area contributed by atoms with Gasteiger partial charge in [0.05, 0.1) is 0 Å². The lowest BCUT2D eigenvalue weighted by molar-refractivity contribution is 0.0917. The third-order valence-corrected chi connectivity index (χ3v) is 4.01. The molecule has 2 aromatic rings. The van der Waals surface area contributed by atoms with E-state index in [0.29, 0.717) is 0 Å². The molecule has 2 rings (SSSR count). The zero-order valence-corrected chi connectivity index (χ0v) is 13.9. The van der Waals surface area contributed by atoms with Crippen molar-refractivity contribution in [3.05, 3.63) is 70.3 Å². The number of hydrogen-bond donors (Lipinski definition) is 0. The van der Waals surface area contributed by atoms with Crippen LogP contribution >= 0.6 is 8.69 Å². The number of aryl methyl sites for hydroxylation is 3. The molecule has 0 aromatic heterocycles. The lowest BCUT2D eigenvalue weighted by Gasteiger charge is -2.16. The van der Waals surface area contributed by atoms with Gasteiger partial charge in [0, 0.05) is 12.0 Å². The summed E-state index contributed by atoms with van der Waals surface area (Å²) in [6.45, 7) is 5.90. The molecule has 1 atom stereocenters. The number of rotatable bonds is 6. The van der Waals surface area contributed by atoms with E-state index in [1.54, 1.807) is 0 Å². The van der Waals surface area contributed by atoms with Gasteiger partial charge in [-0.3, -0.25) is 9.32 Å². The van der Waals surface area contributed by atoms with Crippen LogP contribution in [0.1, 0.15) is 45.1 Å². The minimum Gasteiger partial charge on any atom is -0.294 e. The van der Waals surface area contributed by atoms with Crippen LogP contribution in [0.15, 0.2) is 42.5 Å². The van der Waals surface area contributed by atoms with Crippen molar-refractivity contribution in [2.24, 2.45) is 0 Å². The van der Waals surface area contributed by atoms with Gasteiger partial charge >= 0.3 is 8.69 Å². The summed E-state index contributed by atoms with van der Waals surface area (Å²) < 4.78 is 16.1. The highest BCUT2D eigenvalue weighted by atomic mass is 31.1. The summed E-state index contributed by atoms with van der Waals surface area (Å²) in [5, 5.41) is 0. The second-order valence-electron chi connectivity index (χ2n) is 5.48. The Hall–Kier alpha value is -1.83. The third-order valence-electron chi connectivity index (χ3n) is 3.67. The highest BCUT2D eigenvalue weighted by Gasteiger charge is 2.21. The summed E-state index contributed by atoms with van der Waals surface area (Å²) in [4.78, 5) is 12.7. The topological polar surface area (TPSA) is 43.4 Å². The fraction of sp³-hybridized carbons (Fsp3) is 0.278. The molecule has 114 valence electrons. The first-order valence-electron chi connectivity index (χ1n) is 7.17. The maximum atomic E-state index is 12.7. The second kappa shape index (κ2) is 7.44. The molecule has 0 fully saturated rings. The van der Waals surface area contributed by atoms with Gasteiger partial charge in [-0.2, -0.15) is 0 Å². The van der Waals surface area contributed by atoms with Crippen molar-refractivity contribution in [3.63, 3.8) is 0 Å². The normalized spacial score (nSPS) is 12.3. The molecule has 3 nitrogen and oxygen atoms in total. The van der Waals surface area contributed by atoms with Crippen LogP contribution in [0.25, 0.3) is 0 Å². The van der Waals surface area contributed by atoms with Gasteiger partial charge in [-0.05, 0) is 37.5 Å². The lowest BCUT2D eigenvalue weighted by atomic mass is 9.93. The van der Waals surface area contributed by atoms with E-state index in [9.17, 15) is 9.36 Å². The highest BCUT2D eigenvalue weighted by Crippen LogP contribution is 2.28. The Balaban J connectivity index is 2.28. The molecule has 0 heterocycles. The third kappa shape index (κ3) is 3.88. The van der Waals surface area contributed by atoms with E-state index in [2.05, 4.69) is 0 Å². The largest absolute Gasteiger partial charge is 0.327 e. The monoisotopic (exact) mass is 314 g/mol. The lowest BCUT2D eigenvalue weighted by Crippen LogP contribution is -2.11. The van der Waals surface area contributed by atoms with Gasteiger partial charge in [0.1, 0.15) is 6.10 Å². The first kappa shape index (κ1) is 16.5. The van der Waals surface area contributed by atoms with Gasteiger partial charge in [-0.25, -0.2) is 4.57 Å². The molecule has 1 unspecified atom stereocenters. The van der Waals surface area contributed by atoms with E-state index in [1.165, 1.54) is 0 Å². The minimum absolute atomic E-state index is 0.00695. The van der Waals surface area contributed by atoms with Gasteiger partial charge in [-0.15, -0.1) is 0 Å². The average molecular weight is 314 g/mol. The van der Waals surface area contributed by atoms with Crippen molar-refractivity contribution in [1.82, 2.24) is 0 Å². The number of Topliss-reactive ketones (excluding diaryl/α,β-unsaturated/α-hetero) is 1. The van der Waals surface area contributed by atoms with E-state index >= 15 is 0 Å². The predicted molar refractivity (Wildman–Crippen MR) is 87.5 cm³/mol. The SMILES string of the molecule is Cc1cc(C)c(C(=O)CC(OP=O)c2ccccc2)c(C)c1. The van der Waals surface area contributed by atoms with Crippen LogP contribution in [0.3, 0.4) is 0 Å². The fourth-order valence-corrected chi connectivity index (χ4v) is 3.13. The molecule has 0 spiro atoms. The van der Waals surface area contributed by atoms with Crippen molar-refractivity contribution in [3.8, 4) is 0 Å². The van der Waals surface area contributed by atoms with Crippen LogP contribution in [-0.2, 0) is 9.09 Å². The fourth-order valence-electron chi connectivity index (χ4n) is 2.83. The number of benzene rings is 2. The second-order valence-corrected chi connectivity index (χ2v) is 5.84. The van der Waals surface area contributed by atoms with Crippen LogP contribution in [0.2, 0.25) is 0 Å². The molecule has 2 aromatic carbocycles. The zero-order chi connectivity index (χ0) is 16.1. The maximum Gasteiger partial charge on any atom is 0.327 e. The summed E-state index contributed by atoms with van der Waals surface area (Å²) in [6, 6.07) is 13.4. The van der Waals surface area contributed by atoms with Gasteiger partial charge < -0.3 is 0 Å². The Morgan fingerprint density at radius 1 is 1.09 bits per heavy atom. The van der Waals surface area contributed by atoms with Crippen LogP contribution in [0.5, 0.6) is 0 Å². The summed E-state index contributed by atoms with van der Waals surface area (Å²) in [5.74, 6) is 0.00695. The molecule has 0 N–H and O–H groups in total. The quantitative estimate of drug-likeness (QED) is 0.547. The number of hydrogen-bond acceptors (Lipinski definition) is 3. The van der Waals surface area contributed by atoms with E-state index < -0.39 is 14.8 Å². The predicted octanol–water partition coefficient (Wildman–Crippen LogP) is 5.15. The smallest absolute Gasteiger partial charge is 0.294 e. The molecule has 0 aliphatic heterocycles. The molecule has 0 aliphatic carbocycles. The van der Waals surface area contributed by atoms with E-state index in [0.717, 1.165) is 27.8 Å². The average Bonchev–Trinajstić information content (AvgIpc) is 2.46. The number of ketones is 1. The van der Waals surface area contributed by atoms with E-state index in [4.69, 9.17) is 4.52 Å². The summed E-state index contributed by atoms with van der Waals surface area (Å²) >= 11 is 0. The molecule has 0 bridgehead atoms. The zero-order valence-electron chi connectivity index (χ0n) is 13.0. The van der Waals surface area contributed by atoms with Crippen LogP contribution < -0.4 is 0 Å². The van der Waals surface area contributed by atoms with Gasteiger partial charge in [0.15, 0.2) is 5.78 Å². The molecule has 0 saturated heterocycles. The van der Waals surface area contributed by atoms with Crippen molar-refractivity contribution >= 4 is 14.5 Å². The first-order chi connectivity index (χ1) is 10.5. The first-order valence-corrected chi connectivity index (χ1v) is 7.90.